The van der Waals surface area contributed by atoms with E-state index in [-0.39, 0.29) is 0 Å². The third kappa shape index (κ3) is 2.56. The maximum absolute atomic E-state index is 6.06. The monoisotopic (exact) mass is 195 g/mol. The second kappa shape index (κ2) is 5.03. The first-order valence-electron chi connectivity index (χ1n) is 4.55. The zero-order valence-electron chi connectivity index (χ0n) is 7.89. The molecule has 0 spiro atoms. The molecule has 1 rings (SSSR count). The minimum Gasteiger partial charge on any atom is -0.257 e. The van der Waals surface area contributed by atoms with Crippen LogP contribution in [0.2, 0.25) is 5.02 Å². The Morgan fingerprint density at radius 1 is 1.62 bits per heavy atom. The third-order valence-electron chi connectivity index (χ3n) is 2.01. The fourth-order valence-electron chi connectivity index (χ4n) is 1.26. The molecule has 0 aliphatic rings. The smallest absolute Gasteiger partial charge is 0.0670 e. The average Bonchev–Trinajstić information content (AvgIpc) is 2.15. The molecule has 0 amide bonds. The van der Waals surface area contributed by atoms with Crippen LogP contribution >= 0.6 is 11.6 Å². The van der Waals surface area contributed by atoms with Crippen molar-refractivity contribution in [1.29, 1.82) is 0 Å². The Balaban J connectivity index is 2.93. The molecule has 1 aromatic heterocycles. The fraction of sp³-hybridized carbons (Fsp3) is 0.364. The van der Waals surface area contributed by atoms with Gasteiger partial charge in [-0.2, -0.15) is 0 Å². The van der Waals surface area contributed by atoms with Crippen molar-refractivity contribution in [1.82, 2.24) is 4.98 Å². The Morgan fingerprint density at radius 2 is 2.38 bits per heavy atom. The Morgan fingerprint density at radius 3 is 3.00 bits per heavy atom. The van der Waals surface area contributed by atoms with Crippen LogP contribution in [0.3, 0.4) is 0 Å². The maximum atomic E-state index is 6.06. The zero-order valence-corrected chi connectivity index (χ0v) is 8.64. The van der Waals surface area contributed by atoms with E-state index in [1.54, 1.807) is 12.3 Å². The molecule has 0 aliphatic heterocycles. The fourth-order valence-corrected chi connectivity index (χ4v) is 1.51. The van der Waals surface area contributed by atoms with Gasteiger partial charge in [0.05, 0.1) is 5.69 Å². The van der Waals surface area contributed by atoms with Crippen LogP contribution in [0.5, 0.6) is 0 Å². The van der Waals surface area contributed by atoms with E-state index in [0.717, 1.165) is 29.1 Å². The quantitative estimate of drug-likeness (QED) is 0.714. The van der Waals surface area contributed by atoms with Gasteiger partial charge >= 0.3 is 0 Å². The van der Waals surface area contributed by atoms with Gasteiger partial charge in [-0.05, 0) is 30.5 Å². The number of rotatable bonds is 4. The molecule has 0 aliphatic carbocycles. The minimum atomic E-state index is 0.804. The highest BCUT2D eigenvalue weighted by molar-refractivity contribution is 6.31. The summed E-state index contributed by atoms with van der Waals surface area (Å²) in [4.78, 5) is 4.21. The van der Waals surface area contributed by atoms with Crippen molar-refractivity contribution in [2.45, 2.75) is 26.2 Å². The third-order valence-corrected chi connectivity index (χ3v) is 2.36. The van der Waals surface area contributed by atoms with E-state index >= 15 is 0 Å². The number of unbranched alkanes of at least 4 members (excludes halogenated alkanes) is 1. The lowest BCUT2D eigenvalue weighted by Gasteiger charge is -2.05. The molecule has 0 N–H and O–H groups in total. The second-order valence-corrected chi connectivity index (χ2v) is 3.37. The van der Waals surface area contributed by atoms with Gasteiger partial charge in [-0.15, -0.1) is 0 Å². The summed E-state index contributed by atoms with van der Waals surface area (Å²) in [5, 5.41) is 0.804. The molecular formula is C11H14ClN. The largest absolute Gasteiger partial charge is 0.257 e. The Kier molecular flexibility index (Phi) is 3.97. The van der Waals surface area contributed by atoms with Crippen molar-refractivity contribution in [3.8, 4) is 0 Å². The van der Waals surface area contributed by atoms with Crippen LogP contribution in [-0.4, -0.2) is 4.98 Å². The zero-order chi connectivity index (χ0) is 9.68. The van der Waals surface area contributed by atoms with Gasteiger partial charge in [-0.25, -0.2) is 0 Å². The summed E-state index contributed by atoms with van der Waals surface area (Å²) < 4.78 is 0. The van der Waals surface area contributed by atoms with Crippen LogP contribution in [0.1, 0.15) is 31.0 Å². The number of nitrogens with zero attached hydrogens (tertiary/aromatic N) is 1. The van der Waals surface area contributed by atoms with E-state index in [4.69, 9.17) is 11.6 Å². The number of hydrogen-bond donors (Lipinski definition) is 0. The van der Waals surface area contributed by atoms with E-state index in [1.807, 2.05) is 6.07 Å². The first-order chi connectivity index (χ1) is 6.29. The summed E-state index contributed by atoms with van der Waals surface area (Å²) >= 11 is 6.06. The van der Waals surface area contributed by atoms with Crippen LogP contribution in [0.15, 0.2) is 18.8 Å². The first-order valence-corrected chi connectivity index (χ1v) is 4.93. The number of hydrogen-bond acceptors (Lipinski definition) is 1. The normalized spacial score (nSPS) is 10.0. The second-order valence-electron chi connectivity index (χ2n) is 2.96. The van der Waals surface area contributed by atoms with Gasteiger partial charge in [-0.1, -0.05) is 31.5 Å². The SMILES string of the molecule is C=Cc1nccc(Cl)c1CCCC. The van der Waals surface area contributed by atoms with E-state index in [1.165, 1.54) is 6.42 Å². The van der Waals surface area contributed by atoms with Gasteiger partial charge in [0, 0.05) is 11.2 Å². The molecule has 0 fully saturated rings. The van der Waals surface area contributed by atoms with Gasteiger partial charge in [0.2, 0.25) is 0 Å². The van der Waals surface area contributed by atoms with Crippen molar-refractivity contribution in [3.05, 3.63) is 35.1 Å². The summed E-state index contributed by atoms with van der Waals surface area (Å²) in [6.07, 6.45) is 6.78. The summed E-state index contributed by atoms with van der Waals surface area (Å²) in [5.41, 5.74) is 2.04. The Bertz CT molecular complexity index is 294. The molecule has 2 heteroatoms. The predicted molar refractivity (Wildman–Crippen MR) is 58.0 cm³/mol. The lowest BCUT2D eigenvalue weighted by atomic mass is 10.1. The van der Waals surface area contributed by atoms with Crippen molar-refractivity contribution < 1.29 is 0 Å². The first kappa shape index (κ1) is 10.3. The summed E-state index contributed by atoms with van der Waals surface area (Å²) in [7, 11) is 0. The summed E-state index contributed by atoms with van der Waals surface area (Å²) in [6.45, 7) is 5.88. The van der Waals surface area contributed by atoms with Gasteiger partial charge in [0.15, 0.2) is 0 Å². The molecule has 13 heavy (non-hydrogen) atoms. The lowest BCUT2D eigenvalue weighted by Crippen LogP contribution is -1.93. The number of aromatic nitrogens is 1. The highest BCUT2D eigenvalue weighted by Gasteiger charge is 2.04. The van der Waals surface area contributed by atoms with Crippen LogP contribution in [0, 0.1) is 0 Å². The molecule has 1 heterocycles. The lowest BCUT2D eigenvalue weighted by molar-refractivity contribution is 0.791. The van der Waals surface area contributed by atoms with Crippen LogP contribution in [0.4, 0.5) is 0 Å². The van der Waals surface area contributed by atoms with Crippen LogP contribution < -0.4 is 0 Å². The molecule has 0 atom stereocenters. The molecule has 0 aromatic carbocycles. The van der Waals surface area contributed by atoms with Gasteiger partial charge in [0.1, 0.15) is 0 Å². The van der Waals surface area contributed by atoms with E-state index in [9.17, 15) is 0 Å². The molecule has 0 radical (unpaired) electrons. The van der Waals surface area contributed by atoms with Crippen molar-refractivity contribution in [2.75, 3.05) is 0 Å². The minimum absolute atomic E-state index is 0.804. The molecule has 1 nitrogen and oxygen atoms in total. The van der Waals surface area contributed by atoms with Gasteiger partial charge in [-0.3, -0.25) is 4.98 Å². The highest BCUT2D eigenvalue weighted by atomic mass is 35.5. The molecule has 0 saturated heterocycles. The topological polar surface area (TPSA) is 12.9 Å². The van der Waals surface area contributed by atoms with Crippen LogP contribution in [-0.2, 0) is 6.42 Å². The summed E-state index contributed by atoms with van der Waals surface area (Å²) in [5.74, 6) is 0. The molecule has 0 saturated carbocycles. The molecule has 0 bridgehead atoms. The Hall–Kier alpha value is -0.820. The highest BCUT2D eigenvalue weighted by Crippen LogP contribution is 2.20. The standard InChI is InChI=1S/C11H14ClN/c1-3-5-6-9-10(12)7-8-13-11(9)4-2/h4,7-8H,2-3,5-6H2,1H3. The Labute approximate surface area is 84.5 Å². The van der Waals surface area contributed by atoms with E-state index in [0.29, 0.717) is 0 Å². The van der Waals surface area contributed by atoms with Crippen molar-refractivity contribution >= 4 is 17.7 Å². The van der Waals surface area contributed by atoms with E-state index < -0.39 is 0 Å². The molecule has 0 unspecified atom stereocenters. The maximum Gasteiger partial charge on any atom is 0.0670 e. The van der Waals surface area contributed by atoms with Crippen molar-refractivity contribution in [3.63, 3.8) is 0 Å². The average molecular weight is 196 g/mol. The van der Waals surface area contributed by atoms with Crippen molar-refractivity contribution in [2.24, 2.45) is 0 Å². The summed E-state index contributed by atoms with van der Waals surface area (Å²) in [6, 6.07) is 1.83. The number of halogens is 1. The van der Waals surface area contributed by atoms with Gasteiger partial charge in [0.25, 0.3) is 0 Å². The van der Waals surface area contributed by atoms with Gasteiger partial charge < -0.3 is 0 Å². The predicted octanol–water partition coefficient (Wildman–Crippen LogP) is 3.72. The molecule has 70 valence electrons. The van der Waals surface area contributed by atoms with Crippen LogP contribution in [0.25, 0.3) is 6.08 Å². The molecule has 1 aromatic rings. The molecular weight excluding hydrogens is 182 g/mol. The number of pyridine rings is 1. The van der Waals surface area contributed by atoms with E-state index in [2.05, 4.69) is 18.5 Å².